The van der Waals surface area contributed by atoms with Crippen molar-refractivity contribution in [2.24, 2.45) is 0 Å². The van der Waals surface area contributed by atoms with E-state index in [1.807, 2.05) is 4.90 Å². The van der Waals surface area contributed by atoms with Gasteiger partial charge in [0.1, 0.15) is 11.4 Å². The molecule has 0 unspecified atom stereocenters. The monoisotopic (exact) mass is 363 g/mol. The van der Waals surface area contributed by atoms with Gasteiger partial charge in [0.05, 0.1) is 6.04 Å². The van der Waals surface area contributed by atoms with E-state index in [-0.39, 0.29) is 23.7 Å². The maximum Gasteiger partial charge on any atom is 0.421 e. The molecule has 3 heterocycles. The van der Waals surface area contributed by atoms with Crippen molar-refractivity contribution in [3.05, 3.63) is 17.0 Å². The van der Waals surface area contributed by atoms with Gasteiger partial charge in [0, 0.05) is 32.4 Å². The van der Waals surface area contributed by atoms with Gasteiger partial charge in [0.2, 0.25) is 5.28 Å². The van der Waals surface area contributed by atoms with Gasteiger partial charge >= 0.3 is 12.2 Å². The van der Waals surface area contributed by atoms with Crippen molar-refractivity contribution in [3.8, 4) is 0 Å². The van der Waals surface area contributed by atoms with Crippen LogP contribution in [-0.4, -0.2) is 58.0 Å². The zero-order valence-electron chi connectivity index (χ0n) is 12.8. The van der Waals surface area contributed by atoms with Gasteiger partial charge in [-0.15, -0.1) is 0 Å². The van der Waals surface area contributed by atoms with Crippen LogP contribution in [0.2, 0.25) is 5.28 Å². The standard InChI is InChI=1S/C14H17ClF3N5O/c15-12-20-7-10(14(16,17)18)11(21-12)19-4-2-5-22-8-9-3-1-6-23(9)13(22)24/h7,9H,1-6,8H2,(H,19,20,21)/t9-/m0/s1. The number of fused-ring (bicyclic) bond motifs is 1. The van der Waals surface area contributed by atoms with Crippen LogP contribution in [0.4, 0.5) is 23.8 Å². The Morgan fingerprint density at radius 2 is 2.21 bits per heavy atom. The maximum atomic E-state index is 12.9. The second-order valence-electron chi connectivity index (χ2n) is 5.90. The molecule has 24 heavy (non-hydrogen) atoms. The van der Waals surface area contributed by atoms with Crippen LogP contribution in [0.5, 0.6) is 0 Å². The Bertz CT molecular complexity index is 627. The molecule has 1 atom stereocenters. The first-order valence-electron chi connectivity index (χ1n) is 7.75. The van der Waals surface area contributed by atoms with E-state index in [4.69, 9.17) is 11.6 Å². The summed E-state index contributed by atoms with van der Waals surface area (Å²) in [6.07, 6.45) is -1.31. The van der Waals surface area contributed by atoms with Gasteiger partial charge in [-0.25, -0.2) is 14.8 Å². The smallest absolute Gasteiger partial charge is 0.369 e. The number of nitrogens with zero attached hydrogens (tertiary/aromatic N) is 4. The third-order valence-electron chi connectivity index (χ3n) is 4.29. The van der Waals surface area contributed by atoms with Crippen molar-refractivity contribution in [2.75, 3.05) is 31.5 Å². The van der Waals surface area contributed by atoms with E-state index in [2.05, 4.69) is 15.3 Å². The highest BCUT2D eigenvalue weighted by Gasteiger charge is 2.39. The minimum absolute atomic E-state index is 0.0264. The van der Waals surface area contributed by atoms with Crippen LogP contribution >= 0.6 is 11.6 Å². The van der Waals surface area contributed by atoms with Gasteiger partial charge in [-0.3, -0.25) is 0 Å². The Balaban J connectivity index is 1.52. The molecule has 1 aromatic rings. The number of halogens is 4. The molecule has 0 aromatic carbocycles. The fourth-order valence-electron chi connectivity index (χ4n) is 3.16. The first-order valence-corrected chi connectivity index (χ1v) is 8.13. The molecule has 3 rings (SSSR count). The summed E-state index contributed by atoms with van der Waals surface area (Å²) in [5, 5.41) is 2.39. The molecule has 1 N–H and O–H groups in total. The Morgan fingerprint density at radius 1 is 1.42 bits per heavy atom. The second kappa shape index (κ2) is 6.62. The molecule has 2 aliphatic heterocycles. The van der Waals surface area contributed by atoms with Crippen molar-refractivity contribution in [1.82, 2.24) is 19.8 Å². The molecule has 0 radical (unpaired) electrons. The minimum Gasteiger partial charge on any atom is -0.369 e. The summed E-state index contributed by atoms with van der Waals surface area (Å²) in [6, 6.07) is 0.321. The number of anilines is 1. The fraction of sp³-hybridized carbons (Fsp3) is 0.643. The number of alkyl halides is 3. The number of rotatable bonds is 5. The van der Waals surface area contributed by atoms with Crippen molar-refractivity contribution in [3.63, 3.8) is 0 Å². The third kappa shape index (κ3) is 3.50. The number of aromatic nitrogens is 2. The maximum absolute atomic E-state index is 12.9. The molecular formula is C14H17ClF3N5O. The molecule has 1 aromatic heterocycles. The van der Waals surface area contributed by atoms with E-state index < -0.39 is 11.7 Å². The lowest BCUT2D eigenvalue weighted by Gasteiger charge is -2.18. The minimum atomic E-state index is -4.55. The Morgan fingerprint density at radius 3 is 2.92 bits per heavy atom. The van der Waals surface area contributed by atoms with Crippen LogP contribution in [0.1, 0.15) is 24.8 Å². The normalized spacial score (nSPS) is 20.7. The van der Waals surface area contributed by atoms with E-state index in [1.165, 1.54) is 0 Å². The largest absolute Gasteiger partial charge is 0.421 e. The summed E-state index contributed by atoms with van der Waals surface area (Å²) >= 11 is 5.57. The molecule has 2 fully saturated rings. The van der Waals surface area contributed by atoms with Crippen molar-refractivity contribution >= 4 is 23.4 Å². The SMILES string of the molecule is O=C1N(CCCNc2nc(Cl)ncc2C(F)(F)F)C[C@@H]2CCCN12. The van der Waals surface area contributed by atoms with Crippen LogP contribution in [0.25, 0.3) is 0 Å². The van der Waals surface area contributed by atoms with Crippen LogP contribution < -0.4 is 5.32 Å². The number of amides is 2. The highest BCUT2D eigenvalue weighted by atomic mass is 35.5. The molecule has 132 valence electrons. The fourth-order valence-corrected chi connectivity index (χ4v) is 3.29. The second-order valence-corrected chi connectivity index (χ2v) is 6.24. The molecular weight excluding hydrogens is 347 g/mol. The first kappa shape index (κ1) is 17.1. The Hall–Kier alpha value is -1.77. The van der Waals surface area contributed by atoms with E-state index >= 15 is 0 Å². The summed E-state index contributed by atoms with van der Waals surface area (Å²) < 4.78 is 38.7. The van der Waals surface area contributed by atoms with Crippen LogP contribution in [-0.2, 0) is 6.18 Å². The summed E-state index contributed by atoms with van der Waals surface area (Å²) in [4.78, 5) is 22.7. The van der Waals surface area contributed by atoms with Gasteiger partial charge in [0.25, 0.3) is 0 Å². The zero-order valence-corrected chi connectivity index (χ0v) is 13.6. The molecule has 2 amide bonds. The predicted molar refractivity (Wildman–Crippen MR) is 81.8 cm³/mol. The highest BCUT2D eigenvalue weighted by Crippen LogP contribution is 2.33. The van der Waals surface area contributed by atoms with E-state index in [9.17, 15) is 18.0 Å². The van der Waals surface area contributed by atoms with Crippen LogP contribution in [0.3, 0.4) is 0 Å². The number of carbonyl (C=O) groups is 1. The summed E-state index contributed by atoms with van der Waals surface area (Å²) in [7, 11) is 0. The van der Waals surface area contributed by atoms with Crippen molar-refractivity contribution in [2.45, 2.75) is 31.5 Å². The van der Waals surface area contributed by atoms with Gasteiger partial charge in [-0.2, -0.15) is 13.2 Å². The van der Waals surface area contributed by atoms with Crippen LogP contribution in [0, 0.1) is 0 Å². The number of carbonyl (C=O) groups excluding carboxylic acids is 1. The van der Waals surface area contributed by atoms with E-state index in [1.54, 1.807) is 4.90 Å². The third-order valence-corrected chi connectivity index (χ3v) is 4.47. The quantitative estimate of drug-likeness (QED) is 0.645. The summed E-state index contributed by atoms with van der Waals surface area (Å²) in [5.74, 6) is -0.337. The van der Waals surface area contributed by atoms with Crippen molar-refractivity contribution in [1.29, 1.82) is 0 Å². The van der Waals surface area contributed by atoms with Gasteiger partial charge in [-0.05, 0) is 30.9 Å². The number of hydrogen-bond donors (Lipinski definition) is 1. The first-order chi connectivity index (χ1) is 11.4. The molecule has 0 aliphatic carbocycles. The summed E-state index contributed by atoms with van der Waals surface area (Å²) in [6.45, 7) is 2.25. The lowest BCUT2D eigenvalue weighted by atomic mass is 10.2. The van der Waals surface area contributed by atoms with Gasteiger partial charge in [0.15, 0.2) is 0 Å². The predicted octanol–water partition coefficient (Wildman–Crippen LogP) is 2.85. The molecule has 0 saturated carbocycles. The van der Waals surface area contributed by atoms with Gasteiger partial charge < -0.3 is 15.1 Å². The molecule has 0 spiro atoms. The molecule has 10 heteroatoms. The van der Waals surface area contributed by atoms with Gasteiger partial charge in [-0.1, -0.05) is 0 Å². The number of nitrogens with one attached hydrogen (secondary N) is 1. The van der Waals surface area contributed by atoms with E-state index in [0.717, 1.165) is 19.4 Å². The number of urea groups is 1. The average Bonchev–Trinajstić information content (AvgIpc) is 3.06. The highest BCUT2D eigenvalue weighted by molar-refractivity contribution is 6.28. The molecule has 2 saturated heterocycles. The Kier molecular flexibility index (Phi) is 4.71. The van der Waals surface area contributed by atoms with Crippen molar-refractivity contribution < 1.29 is 18.0 Å². The Labute approximate surface area is 142 Å². The molecule has 2 aliphatic rings. The van der Waals surface area contributed by atoms with E-state index in [0.29, 0.717) is 31.7 Å². The lowest BCUT2D eigenvalue weighted by molar-refractivity contribution is -0.137. The molecule has 6 nitrogen and oxygen atoms in total. The van der Waals surface area contributed by atoms with Crippen LogP contribution in [0.15, 0.2) is 6.20 Å². The average molecular weight is 364 g/mol. The lowest BCUT2D eigenvalue weighted by Crippen LogP contribution is -2.33. The zero-order chi connectivity index (χ0) is 17.3. The molecule has 0 bridgehead atoms. The number of hydrogen-bond acceptors (Lipinski definition) is 4. The topological polar surface area (TPSA) is 61.4 Å². The summed E-state index contributed by atoms with van der Waals surface area (Å²) in [5.41, 5.74) is -0.954.